The van der Waals surface area contributed by atoms with Crippen molar-refractivity contribution in [2.24, 2.45) is 16.6 Å². The second kappa shape index (κ2) is 16.7. The summed E-state index contributed by atoms with van der Waals surface area (Å²) in [6.45, 7) is 7.22. The molecule has 0 aromatic heterocycles. The van der Waals surface area contributed by atoms with Crippen LogP contribution < -0.4 is 11.1 Å². The van der Waals surface area contributed by atoms with Crippen molar-refractivity contribution in [2.75, 3.05) is 13.1 Å². The van der Waals surface area contributed by atoms with Crippen LogP contribution in [0.25, 0.3) is 0 Å². The Bertz CT molecular complexity index is 1350. The molecule has 0 heterocycles. The second-order valence-electron chi connectivity index (χ2n) is 10.1. The van der Waals surface area contributed by atoms with Gasteiger partial charge < -0.3 is 11.1 Å². The molecule has 2 aromatic rings. The fourth-order valence-corrected chi connectivity index (χ4v) is 4.66. The number of rotatable bonds is 8. The second-order valence-corrected chi connectivity index (χ2v) is 10.5. The number of carbonyl (C=O) groups excluding carboxylic acids is 1. The molecule has 0 radical (unpaired) electrons. The lowest BCUT2D eigenvalue weighted by Gasteiger charge is -2.26. The van der Waals surface area contributed by atoms with Gasteiger partial charge >= 0.3 is 12.2 Å². The van der Waals surface area contributed by atoms with Crippen LogP contribution in [0.3, 0.4) is 0 Å². The van der Waals surface area contributed by atoms with Gasteiger partial charge in [0.05, 0.1) is 30.6 Å². The normalized spacial score (nSPS) is 17.7. The Balaban J connectivity index is 0.00000316. The molecule has 1 aliphatic rings. The average molecular weight is 617 g/mol. The molecule has 0 saturated heterocycles. The number of carbonyl (C=O) groups is 1. The maximum absolute atomic E-state index is 13.1. The molecular formula is C32H40ClF3N6O. The van der Waals surface area contributed by atoms with Gasteiger partial charge in [-0.1, -0.05) is 69.6 Å². The number of amides is 2. The number of nitrogens with zero attached hydrogens (tertiary/aromatic N) is 3. The molecule has 11 heteroatoms. The topological polar surface area (TPSA) is 118 Å². The first-order valence-electron chi connectivity index (χ1n) is 14.4. The maximum atomic E-state index is 13.1. The van der Waals surface area contributed by atoms with E-state index in [0.717, 1.165) is 16.9 Å². The van der Waals surface area contributed by atoms with Gasteiger partial charge in [0.1, 0.15) is 5.84 Å². The Hall–Kier alpha value is -3.84. The molecule has 1 aliphatic carbocycles. The number of hydrogen-bond donors (Lipinski definition) is 3. The van der Waals surface area contributed by atoms with Crippen LogP contribution in [0.4, 0.5) is 23.7 Å². The molecular weight excluding hydrogens is 577 g/mol. The summed E-state index contributed by atoms with van der Waals surface area (Å²) in [5.74, 6) is -0.301. The van der Waals surface area contributed by atoms with Crippen LogP contribution in [0.2, 0.25) is 5.02 Å². The molecule has 2 unspecified atom stereocenters. The first-order valence-corrected chi connectivity index (χ1v) is 14.8. The summed E-state index contributed by atoms with van der Waals surface area (Å²) in [5.41, 5.74) is 9.88. The Labute approximate surface area is 257 Å². The molecule has 1 saturated carbocycles. The Morgan fingerprint density at radius 1 is 1.26 bits per heavy atom. The summed E-state index contributed by atoms with van der Waals surface area (Å²) < 4.78 is 39.3. The Morgan fingerprint density at radius 2 is 1.93 bits per heavy atom. The number of nitriles is 1. The zero-order valence-electron chi connectivity index (χ0n) is 25.1. The lowest BCUT2D eigenvalue weighted by Crippen LogP contribution is -2.46. The number of allylic oxidation sites excluding steroid dienone is 1. The highest BCUT2D eigenvalue weighted by molar-refractivity contribution is 6.30. The van der Waals surface area contributed by atoms with Crippen LogP contribution in [0.1, 0.15) is 76.8 Å². The molecule has 3 rings (SSSR count). The molecule has 43 heavy (non-hydrogen) atoms. The van der Waals surface area contributed by atoms with E-state index in [0.29, 0.717) is 46.8 Å². The minimum Gasteiger partial charge on any atom is -0.400 e. The molecule has 0 bridgehead atoms. The summed E-state index contributed by atoms with van der Waals surface area (Å²) in [6, 6.07) is 15.2. The first kappa shape index (κ1) is 35.4. The van der Waals surface area contributed by atoms with Crippen LogP contribution in [-0.4, -0.2) is 41.7 Å². The first-order chi connectivity index (χ1) is 20.4. The van der Waals surface area contributed by atoms with Crippen molar-refractivity contribution in [2.45, 2.75) is 71.9 Å². The van der Waals surface area contributed by atoms with Gasteiger partial charge in [-0.3, -0.25) is 15.3 Å². The highest BCUT2D eigenvalue weighted by Gasteiger charge is 2.31. The van der Waals surface area contributed by atoms with Gasteiger partial charge in [-0.15, -0.1) is 0 Å². The smallest absolute Gasteiger partial charge is 0.390 e. The standard InChI is InChI=1S/C30H34ClF3N6O.C2H6/c1-3-19(2)21-8-10-22(11-9-21)28(37)40(14-13-30(32,33)34)29(41)38-18-26(36)25-12-7-20(17-35)15-27(25)39-24-6-4-5-23(31)16-24;1-2/h4-6,8-11,16,19-20,37H,3,7,12-15,18,36H2,1-2H3,(H,38,41);1-2H3/b26-25-,37-28?,39-27?;. The van der Waals surface area contributed by atoms with Gasteiger partial charge in [-0.25, -0.2) is 4.79 Å². The zero-order valence-corrected chi connectivity index (χ0v) is 25.8. The maximum Gasteiger partial charge on any atom is 0.390 e. The average Bonchev–Trinajstić information content (AvgIpc) is 2.99. The van der Waals surface area contributed by atoms with E-state index in [-0.39, 0.29) is 29.9 Å². The third-order valence-electron chi connectivity index (χ3n) is 7.10. The third-order valence-corrected chi connectivity index (χ3v) is 7.34. The number of halogens is 4. The molecule has 0 aliphatic heterocycles. The number of amidine groups is 1. The van der Waals surface area contributed by atoms with Gasteiger partial charge in [0.2, 0.25) is 0 Å². The fourth-order valence-electron chi connectivity index (χ4n) is 4.48. The van der Waals surface area contributed by atoms with E-state index in [1.165, 1.54) is 0 Å². The van der Waals surface area contributed by atoms with Crippen LogP contribution in [-0.2, 0) is 0 Å². The zero-order chi connectivity index (χ0) is 32.2. The monoisotopic (exact) mass is 616 g/mol. The summed E-state index contributed by atoms with van der Waals surface area (Å²) >= 11 is 6.09. The lowest BCUT2D eigenvalue weighted by atomic mass is 9.84. The summed E-state index contributed by atoms with van der Waals surface area (Å²) in [7, 11) is 0. The highest BCUT2D eigenvalue weighted by atomic mass is 35.5. The predicted octanol–water partition coefficient (Wildman–Crippen LogP) is 8.48. The molecule has 2 amide bonds. The summed E-state index contributed by atoms with van der Waals surface area (Å²) in [5, 5.41) is 21.1. The van der Waals surface area contributed by atoms with Crippen molar-refractivity contribution in [3.05, 3.63) is 76.0 Å². The van der Waals surface area contributed by atoms with Gasteiger partial charge in [0, 0.05) is 35.0 Å². The number of hydrogen-bond acceptors (Lipinski definition) is 5. The number of urea groups is 1. The van der Waals surface area contributed by atoms with E-state index in [9.17, 15) is 23.2 Å². The van der Waals surface area contributed by atoms with E-state index in [4.69, 9.17) is 22.7 Å². The highest BCUT2D eigenvalue weighted by Crippen LogP contribution is 2.30. The minimum absolute atomic E-state index is 0.164. The Kier molecular flexibility index (Phi) is 13.7. The van der Waals surface area contributed by atoms with Crippen LogP contribution in [0.5, 0.6) is 0 Å². The SMILES string of the molecule is CC.CCC(C)c1ccc(C(=N)N(CCC(F)(F)F)C(=O)NC/C(N)=C2\CCC(C#N)CC2=Nc2cccc(Cl)c2)cc1. The largest absolute Gasteiger partial charge is 0.400 e. The third kappa shape index (κ3) is 10.7. The number of benzene rings is 2. The van der Waals surface area contributed by atoms with Crippen molar-refractivity contribution >= 4 is 34.9 Å². The van der Waals surface area contributed by atoms with E-state index in [1.807, 2.05) is 32.9 Å². The molecule has 4 N–H and O–H groups in total. The van der Waals surface area contributed by atoms with Crippen molar-refractivity contribution in [3.8, 4) is 6.07 Å². The lowest BCUT2D eigenvalue weighted by molar-refractivity contribution is -0.135. The molecule has 1 fully saturated rings. The number of nitrogens with one attached hydrogen (secondary N) is 2. The summed E-state index contributed by atoms with van der Waals surface area (Å²) in [4.78, 5) is 18.6. The van der Waals surface area contributed by atoms with Crippen molar-refractivity contribution < 1.29 is 18.0 Å². The number of alkyl halides is 3. The van der Waals surface area contributed by atoms with Gasteiger partial charge in [0.15, 0.2) is 0 Å². The van der Waals surface area contributed by atoms with Crippen molar-refractivity contribution in [3.63, 3.8) is 0 Å². The summed E-state index contributed by atoms with van der Waals surface area (Å²) in [6.07, 6.45) is -3.49. The molecule has 2 aromatic carbocycles. The molecule has 2 atom stereocenters. The quantitative estimate of drug-likeness (QED) is 0.204. The van der Waals surface area contributed by atoms with E-state index < -0.39 is 25.2 Å². The van der Waals surface area contributed by atoms with E-state index >= 15 is 0 Å². The number of nitrogens with two attached hydrogens (primary N) is 1. The van der Waals surface area contributed by atoms with Crippen LogP contribution in [0, 0.1) is 22.7 Å². The van der Waals surface area contributed by atoms with Gasteiger partial charge in [0.25, 0.3) is 0 Å². The minimum atomic E-state index is -4.51. The van der Waals surface area contributed by atoms with E-state index in [2.05, 4.69) is 23.3 Å². The molecule has 0 spiro atoms. The molecule has 232 valence electrons. The fraction of sp³-hybridized carbons (Fsp3) is 0.438. The van der Waals surface area contributed by atoms with Crippen LogP contribution >= 0.6 is 11.6 Å². The van der Waals surface area contributed by atoms with Gasteiger partial charge in [-0.05, 0) is 54.5 Å². The van der Waals surface area contributed by atoms with Crippen molar-refractivity contribution in [1.29, 1.82) is 10.7 Å². The Morgan fingerprint density at radius 3 is 2.51 bits per heavy atom. The predicted molar refractivity (Wildman–Crippen MR) is 167 cm³/mol. The van der Waals surface area contributed by atoms with Gasteiger partial charge in [-0.2, -0.15) is 18.4 Å². The van der Waals surface area contributed by atoms with Crippen molar-refractivity contribution in [1.82, 2.24) is 10.2 Å². The van der Waals surface area contributed by atoms with E-state index in [1.54, 1.807) is 36.4 Å². The molecule has 7 nitrogen and oxygen atoms in total. The van der Waals surface area contributed by atoms with Crippen LogP contribution in [0.15, 0.2) is 64.8 Å². The number of aliphatic imine (C=N–C) groups is 1.